The zero-order valence-corrected chi connectivity index (χ0v) is 12.5. The third-order valence-corrected chi connectivity index (χ3v) is 3.26. The van der Waals surface area contributed by atoms with Gasteiger partial charge < -0.3 is 10.1 Å². The second-order valence-electron chi connectivity index (χ2n) is 4.19. The molecule has 0 saturated heterocycles. The fraction of sp³-hybridized carbons (Fsp3) is 0.571. The van der Waals surface area contributed by atoms with Crippen LogP contribution in [0.3, 0.4) is 0 Å². The molecule has 1 aromatic carbocycles. The number of rotatable bonds is 7. The molecule has 0 spiro atoms. The first-order valence-electron chi connectivity index (χ1n) is 6.27. The number of hydrogen-bond acceptors (Lipinski definition) is 2. The standard InChI is InChI=1S/C14H22BrNO/c1-4-14(16-10-11(3)17-5-2)12-7-6-8-13(15)9-12/h6-9,11,14,16H,4-5,10H2,1-3H3. The van der Waals surface area contributed by atoms with E-state index in [0.29, 0.717) is 6.04 Å². The molecule has 1 rings (SSSR count). The number of hydrogen-bond donors (Lipinski definition) is 1. The van der Waals surface area contributed by atoms with Crippen molar-refractivity contribution < 1.29 is 4.74 Å². The lowest BCUT2D eigenvalue weighted by molar-refractivity contribution is 0.0738. The van der Waals surface area contributed by atoms with Gasteiger partial charge in [-0.3, -0.25) is 0 Å². The van der Waals surface area contributed by atoms with Crippen LogP contribution in [0.1, 0.15) is 38.8 Å². The van der Waals surface area contributed by atoms with E-state index in [1.54, 1.807) is 0 Å². The van der Waals surface area contributed by atoms with Crippen LogP contribution in [0.25, 0.3) is 0 Å². The number of halogens is 1. The molecule has 1 aromatic rings. The summed E-state index contributed by atoms with van der Waals surface area (Å²) in [6.07, 6.45) is 1.34. The predicted octanol–water partition coefficient (Wildman–Crippen LogP) is 3.91. The van der Waals surface area contributed by atoms with E-state index in [-0.39, 0.29) is 6.10 Å². The van der Waals surface area contributed by atoms with Crippen LogP contribution in [-0.4, -0.2) is 19.3 Å². The van der Waals surface area contributed by atoms with E-state index in [9.17, 15) is 0 Å². The van der Waals surface area contributed by atoms with Gasteiger partial charge in [0.2, 0.25) is 0 Å². The molecule has 0 radical (unpaired) electrons. The van der Waals surface area contributed by atoms with Crippen LogP contribution in [0.4, 0.5) is 0 Å². The summed E-state index contributed by atoms with van der Waals surface area (Å²) in [6.45, 7) is 7.99. The van der Waals surface area contributed by atoms with Crippen molar-refractivity contribution in [1.29, 1.82) is 0 Å². The van der Waals surface area contributed by atoms with Crippen LogP contribution >= 0.6 is 15.9 Å². The Morgan fingerprint density at radius 3 is 2.71 bits per heavy atom. The smallest absolute Gasteiger partial charge is 0.0671 e. The monoisotopic (exact) mass is 299 g/mol. The van der Waals surface area contributed by atoms with Crippen LogP contribution in [0.15, 0.2) is 28.7 Å². The van der Waals surface area contributed by atoms with Gasteiger partial charge in [-0.1, -0.05) is 35.0 Å². The largest absolute Gasteiger partial charge is 0.377 e. The summed E-state index contributed by atoms with van der Waals surface area (Å²) in [4.78, 5) is 0. The number of benzene rings is 1. The van der Waals surface area contributed by atoms with E-state index < -0.39 is 0 Å². The summed E-state index contributed by atoms with van der Waals surface area (Å²) in [5, 5.41) is 3.55. The zero-order valence-electron chi connectivity index (χ0n) is 10.9. The van der Waals surface area contributed by atoms with Crippen molar-refractivity contribution in [2.24, 2.45) is 0 Å². The lowest BCUT2D eigenvalue weighted by Crippen LogP contribution is -2.30. The normalized spacial score (nSPS) is 14.6. The first kappa shape index (κ1) is 14.7. The minimum atomic E-state index is 0.265. The highest BCUT2D eigenvalue weighted by molar-refractivity contribution is 9.10. The summed E-state index contributed by atoms with van der Waals surface area (Å²) >= 11 is 3.51. The fourth-order valence-electron chi connectivity index (χ4n) is 1.87. The Morgan fingerprint density at radius 1 is 1.35 bits per heavy atom. The molecule has 96 valence electrons. The summed E-state index contributed by atoms with van der Waals surface area (Å²) < 4.78 is 6.66. The van der Waals surface area contributed by atoms with Crippen molar-refractivity contribution in [2.75, 3.05) is 13.2 Å². The summed E-state index contributed by atoms with van der Waals surface area (Å²) in [7, 11) is 0. The van der Waals surface area contributed by atoms with E-state index in [1.807, 2.05) is 6.92 Å². The third kappa shape index (κ3) is 5.19. The van der Waals surface area contributed by atoms with Gasteiger partial charge in [-0.25, -0.2) is 0 Å². The van der Waals surface area contributed by atoms with Gasteiger partial charge in [-0.2, -0.15) is 0 Å². The molecule has 3 heteroatoms. The Kier molecular flexibility index (Phi) is 6.78. The fourth-order valence-corrected chi connectivity index (χ4v) is 2.29. The highest BCUT2D eigenvalue weighted by atomic mass is 79.9. The van der Waals surface area contributed by atoms with Gasteiger partial charge >= 0.3 is 0 Å². The van der Waals surface area contributed by atoms with Gasteiger partial charge in [0.25, 0.3) is 0 Å². The van der Waals surface area contributed by atoms with Crippen molar-refractivity contribution in [2.45, 2.75) is 39.3 Å². The van der Waals surface area contributed by atoms with Crippen LogP contribution < -0.4 is 5.32 Å². The van der Waals surface area contributed by atoms with Gasteiger partial charge in [0.1, 0.15) is 0 Å². The van der Waals surface area contributed by atoms with Crippen LogP contribution in [0, 0.1) is 0 Å². The average molecular weight is 300 g/mol. The van der Waals surface area contributed by atoms with Crippen molar-refractivity contribution in [3.05, 3.63) is 34.3 Å². The number of nitrogens with one attached hydrogen (secondary N) is 1. The van der Waals surface area contributed by atoms with Crippen LogP contribution in [-0.2, 0) is 4.74 Å². The lowest BCUT2D eigenvalue weighted by Gasteiger charge is -2.20. The molecule has 2 unspecified atom stereocenters. The highest BCUT2D eigenvalue weighted by Crippen LogP contribution is 2.20. The molecule has 1 N–H and O–H groups in total. The molecule has 0 heterocycles. The first-order chi connectivity index (χ1) is 8.17. The van der Waals surface area contributed by atoms with E-state index in [1.165, 1.54) is 5.56 Å². The van der Waals surface area contributed by atoms with Gasteiger partial charge in [0.05, 0.1) is 6.10 Å². The molecule has 17 heavy (non-hydrogen) atoms. The molecule has 0 amide bonds. The Hall–Kier alpha value is -0.380. The second-order valence-corrected chi connectivity index (χ2v) is 5.11. The quantitative estimate of drug-likeness (QED) is 0.824. The molecular weight excluding hydrogens is 278 g/mol. The average Bonchev–Trinajstić information content (AvgIpc) is 2.30. The molecule has 0 aliphatic rings. The SMILES string of the molecule is CCOC(C)CNC(CC)c1cccc(Br)c1. The number of ether oxygens (including phenoxy) is 1. The minimum Gasteiger partial charge on any atom is -0.377 e. The van der Waals surface area contributed by atoms with Crippen molar-refractivity contribution >= 4 is 15.9 Å². The maximum atomic E-state index is 5.52. The first-order valence-corrected chi connectivity index (χ1v) is 7.07. The van der Waals surface area contributed by atoms with E-state index >= 15 is 0 Å². The zero-order chi connectivity index (χ0) is 12.7. The van der Waals surface area contributed by atoms with Crippen molar-refractivity contribution in [3.8, 4) is 0 Å². The summed E-state index contributed by atoms with van der Waals surface area (Å²) in [5.41, 5.74) is 1.32. The lowest BCUT2D eigenvalue weighted by atomic mass is 10.0. The molecule has 2 nitrogen and oxygen atoms in total. The summed E-state index contributed by atoms with van der Waals surface area (Å²) in [5.74, 6) is 0. The Labute approximate surface area is 113 Å². The molecule has 0 aromatic heterocycles. The Balaban J connectivity index is 2.54. The van der Waals surface area contributed by atoms with E-state index in [0.717, 1.165) is 24.0 Å². The van der Waals surface area contributed by atoms with Gasteiger partial charge in [-0.15, -0.1) is 0 Å². The molecule has 0 bridgehead atoms. The topological polar surface area (TPSA) is 21.3 Å². The third-order valence-electron chi connectivity index (χ3n) is 2.76. The molecular formula is C14H22BrNO. The Morgan fingerprint density at radius 2 is 2.12 bits per heavy atom. The van der Waals surface area contributed by atoms with Gasteiger partial charge in [-0.05, 0) is 38.0 Å². The van der Waals surface area contributed by atoms with Crippen molar-refractivity contribution in [1.82, 2.24) is 5.32 Å². The molecule has 0 aliphatic carbocycles. The van der Waals surface area contributed by atoms with Gasteiger partial charge in [0.15, 0.2) is 0 Å². The van der Waals surface area contributed by atoms with E-state index in [4.69, 9.17) is 4.74 Å². The van der Waals surface area contributed by atoms with Crippen LogP contribution in [0.2, 0.25) is 0 Å². The predicted molar refractivity (Wildman–Crippen MR) is 76.3 cm³/mol. The maximum absolute atomic E-state index is 5.52. The molecule has 0 aliphatic heterocycles. The maximum Gasteiger partial charge on any atom is 0.0671 e. The van der Waals surface area contributed by atoms with Gasteiger partial charge in [0, 0.05) is 23.7 Å². The molecule has 0 fully saturated rings. The second kappa shape index (κ2) is 7.85. The van der Waals surface area contributed by atoms with Crippen molar-refractivity contribution in [3.63, 3.8) is 0 Å². The molecule has 2 atom stereocenters. The highest BCUT2D eigenvalue weighted by Gasteiger charge is 2.10. The summed E-state index contributed by atoms with van der Waals surface area (Å²) in [6, 6.07) is 8.87. The minimum absolute atomic E-state index is 0.265. The molecule has 0 saturated carbocycles. The van der Waals surface area contributed by atoms with E-state index in [2.05, 4.69) is 59.4 Å². The van der Waals surface area contributed by atoms with Crippen LogP contribution in [0.5, 0.6) is 0 Å². The Bertz CT molecular complexity index is 330.